The van der Waals surface area contributed by atoms with Crippen LogP contribution >= 0.6 is 11.6 Å². The second-order valence-electron chi connectivity index (χ2n) is 6.58. The van der Waals surface area contributed by atoms with Gasteiger partial charge in [-0.05, 0) is 49.1 Å². The first kappa shape index (κ1) is 17.5. The minimum atomic E-state index is -0.0594. The van der Waals surface area contributed by atoms with Crippen LogP contribution in [0.5, 0.6) is 5.75 Å². The van der Waals surface area contributed by atoms with Gasteiger partial charge in [-0.1, -0.05) is 17.7 Å². The SMILES string of the molecule is Cc1c(-c2ccncc2)n[nH]c1NC(=O)CC1CCOc2cc(Cl)ccc21. The number of aromatic amines is 1. The quantitative estimate of drug-likeness (QED) is 0.703. The maximum atomic E-state index is 12.6. The lowest BCUT2D eigenvalue weighted by Gasteiger charge is -2.25. The molecule has 0 saturated carbocycles. The van der Waals surface area contributed by atoms with Crippen molar-refractivity contribution >= 4 is 23.3 Å². The number of amides is 1. The van der Waals surface area contributed by atoms with E-state index in [0.29, 0.717) is 23.9 Å². The van der Waals surface area contributed by atoms with Crippen LogP contribution in [0.1, 0.15) is 29.9 Å². The van der Waals surface area contributed by atoms with Crippen molar-refractivity contribution in [3.63, 3.8) is 0 Å². The molecule has 138 valence electrons. The molecule has 1 aromatic carbocycles. The molecular formula is C20H19ClN4O2. The second kappa shape index (κ2) is 7.40. The van der Waals surface area contributed by atoms with E-state index < -0.39 is 0 Å². The minimum absolute atomic E-state index is 0.0594. The minimum Gasteiger partial charge on any atom is -0.493 e. The summed E-state index contributed by atoms with van der Waals surface area (Å²) in [5.41, 5.74) is 3.68. The molecule has 0 saturated heterocycles. The Kier molecular flexibility index (Phi) is 4.81. The molecule has 1 aliphatic heterocycles. The van der Waals surface area contributed by atoms with Gasteiger partial charge in [0.1, 0.15) is 11.6 Å². The summed E-state index contributed by atoms with van der Waals surface area (Å²) in [7, 11) is 0. The highest BCUT2D eigenvalue weighted by atomic mass is 35.5. The summed E-state index contributed by atoms with van der Waals surface area (Å²) in [4.78, 5) is 16.6. The highest BCUT2D eigenvalue weighted by Crippen LogP contribution is 2.37. The molecule has 0 bridgehead atoms. The molecule has 7 heteroatoms. The normalized spacial score (nSPS) is 15.7. The molecule has 1 aliphatic rings. The summed E-state index contributed by atoms with van der Waals surface area (Å²) in [6.45, 7) is 2.52. The highest BCUT2D eigenvalue weighted by molar-refractivity contribution is 6.30. The van der Waals surface area contributed by atoms with Crippen LogP contribution in [-0.4, -0.2) is 27.7 Å². The largest absolute Gasteiger partial charge is 0.493 e. The summed E-state index contributed by atoms with van der Waals surface area (Å²) in [6, 6.07) is 9.36. The van der Waals surface area contributed by atoms with Crippen LogP contribution in [-0.2, 0) is 4.79 Å². The number of hydrogen-bond donors (Lipinski definition) is 2. The molecule has 0 spiro atoms. The van der Waals surface area contributed by atoms with Gasteiger partial charge < -0.3 is 10.1 Å². The lowest BCUT2D eigenvalue weighted by Crippen LogP contribution is -2.21. The van der Waals surface area contributed by atoms with Gasteiger partial charge in [0.15, 0.2) is 0 Å². The first-order valence-corrected chi connectivity index (χ1v) is 9.17. The van der Waals surface area contributed by atoms with Gasteiger partial charge in [0.25, 0.3) is 0 Å². The molecular weight excluding hydrogens is 364 g/mol. The van der Waals surface area contributed by atoms with E-state index in [-0.39, 0.29) is 11.8 Å². The van der Waals surface area contributed by atoms with Crippen molar-refractivity contribution < 1.29 is 9.53 Å². The fourth-order valence-corrected chi connectivity index (χ4v) is 3.54. The Morgan fingerprint density at radius 2 is 2.15 bits per heavy atom. The molecule has 27 heavy (non-hydrogen) atoms. The smallest absolute Gasteiger partial charge is 0.226 e. The number of aromatic nitrogens is 3. The van der Waals surface area contributed by atoms with Gasteiger partial charge in [0, 0.05) is 35.0 Å². The Morgan fingerprint density at radius 3 is 2.96 bits per heavy atom. The number of anilines is 1. The van der Waals surface area contributed by atoms with Crippen LogP contribution < -0.4 is 10.1 Å². The number of halogens is 1. The Morgan fingerprint density at radius 1 is 1.33 bits per heavy atom. The number of ether oxygens (including phenoxy) is 1. The van der Waals surface area contributed by atoms with Crippen LogP contribution in [0.15, 0.2) is 42.7 Å². The Bertz CT molecular complexity index is 971. The maximum Gasteiger partial charge on any atom is 0.226 e. The summed E-state index contributed by atoms with van der Waals surface area (Å²) in [5.74, 6) is 1.43. The monoisotopic (exact) mass is 382 g/mol. The number of fused-ring (bicyclic) bond motifs is 1. The van der Waals surface area contributed by atoms with Crippen molar-refractivity contribution in [2.45, 2.75) is 25.7 Å². The van der Waals surface area contributed by atoms with Crippen molar-refractivity contribution in [2.24, 2.45) is 0 Å². The number of rotatable bonds is 4. The van der Waals surface area contributed by atoms with E-state index in [2.05, 4.69) is 20.5 Å². The third-order valence-electron chi connectivity index (χ3n) is 4.80. The highest BCUT2D eigenvalue weighted by Gasteiger charge is 2.24. The molecule has 3 heterocycles. The number of hydrogen-bond acceptors (Lipinski definition) is 4. The molecule has 4 rings (SSSR count). The van der Waals surface area contributed by atoms with Gasteiger partial charge >= 0.3 is 0 Å². The average molecular weight is 383 g/mol. The first-order valence-electron chi connectivity index (χ1n) is 8.79. The van der Waals surface area contributed by atoms with Gasteiger partial charge in [0.05, 0.1) is 12.3 Å². The number of pyridine rings is 1. The number of nitrogens with zero attached hydrogens (tertiary/aromatic N) is 2. The Balaban J connectivity index is 1.48. The predicted octanol–water partition coefficient (Wildman–Crippen LogP) is 4.33. The standard InChI is InChI=1S/C20H19ClN4O2/c1-12-19(13-4-7-22-8-5-13)24-25-20(12)23-18(26)10-14-6-9-27-17-11-15(21)2-3-16(14)17/h2-5,7-8,11,14H,6,9-10H2,1H3,(H2,23,24,25,26). The van der Waals surface area contributed by atoms with Gasteiger partial charge in [-0.25, -0.2) is 0 Å². The molecule has 1 amide bonds. The number of nitrogens with one attached hydrogen (secondary N) is 2. The topological polar surface area (TPSA) is 79.9 Å². The van der Waals surface area contributed by atoms with E-state index >= 15 is 0 Å². The Hall–Kier alpha value is -2.86. The number of H-pyrrole nitrogens is 1. The molecule has 0 radical (unpaired) electrons. The fraction of sp³-hybridized carbons (Fsp3) is 0.250. The van der Waals surface area contributed by atoms with Crippen molar-refractivity contribution in [1.82, 2.24) is 15.2 Å². The van der Waals surface area contributed by atoms with Gasteiger partial charge in [-0.3, -0.25) is 14.9 Å². The number of carbonyl (C=O) groups excluding carboxylic acids is 1. The zero-order chi connectivity index (χ0) is 18.8. The number of benzene rings is 1. The van der Waals surface area contributed by atoms with Crippen LogP contribution in [0.4, 0.5) is 5.82 Å². The fourth-order valence-electron chi connectivity index (χ4n) is 3.37. The maximum absolute atomic E-state index is 12.6. The lowest BCUT2D eigenvalue weighted by atomic mass is 9.90. The van der Waals surface area contributed by atoms with Crippen LogP contribution in [0.25, 0.3) is 11.3 Å². The molecule has 6 nitrogen and oxygen atoms in total. The van der Waals surface area contributed by atoms with E-state index in [1.807, 2.05) is 31.2 Å². The summed E-state index contributed by atoms with van der Waals surface area (Å²) >= 11 is 6.03. The van der Waals surface area contributed by atoms with E-state index in [0.717, 1.165) is 34.6 Å². The molecule has 1 atom stereocenters. The first-order chi connectivity index (χ1) is 13.1. The van der Waals surface area contributed by atoms with E-state index in [1.54, 1.807) is 18.5 Å². The average Bonchev–Trinajstić information content (AvgIpc) is 3.02. The van der Waals surface area contributed by atoms with Crippen LogP contribution in [0, 0.1) is 6.92 Å². The third kappa shape index (κ3) is 3.66. The van der Waals surface area contributed by atoms with E-state index in [4.69, 9.17) is 16.3 Å². The molecule has 1 unspecified atom stereocenters. The number of carbonyl (C=O) groups is 1. The van der Waals surface area contributed by atoms with Gasteiger partial charge in [-0.2, -0.15) is 5.10 Å². The Labute approximate surface area is 161 Å². The predicted molar refractivity (Wildman–Crippen MR) is 104 cm³/mol. The third-order valence-corrected chi connectivity index (χ3v) is 5.03. The van der Waals surface area contributed by atoms with Crippen molar-refractivity contribution in [3.05, 3.63) is 58.9 Å². The van der Waals surface area contributed by atoms with Crippen molar-refractivity contribution in [1.29, 1.82) is 0 Å². The van der Waals surface area contributed by atoms with Crippen molar-refractivity contribution in [3.8, 4) is 17.0 Å². The summed E-state index contributed by atoms with van der Waals surface area (Å²) in [6.07, 6.45) is 4.61. The van der Waals surface area contributed by atoms with Gasteiger partial charge in [-0.15, -0.1) is 0 Å². The molecule has 0 aliphatic carbocycles. The van der Waals surface area contributed by atoms with Gasteiger partial charge in [0.2, 0.25) is 5.91 Å². The molecule has 3 aromatic rings. The van der Waals surface area contributed by atoms with Crippen molar-refractivity contribution in [2.75, 3.05) is 11.9 Å². The lowest BCUT2D eigenvalue weighted by molar-refractivity contribution is -0.116. The van der Waals surface area contributed by atoms with E-state index in [9.17, 15) is 4.79 Å². The summed E-state index contributed by atoms with van der Waals surface area (Å²) in [5, 5.41) is 10.8. The molecule has 2 aromatic heterocycles. The molecule has 0 fully saturated rings. The zero-order valence-electron chi connectivity index (χ0n) is 14.8. The summed E-state index contributed by atoms with van der Waals surface area (Å²) < 4.78 is 5.67. The second-order valence-corrected chi connectivity index (χ2v) is 7.01. The zero-order valence-corrected chi connectivity index (χ0v) is 15.6. The van der Waals surface area contributed by atoms with Crippen LogP contribution in [0.2, 0.25) is 5.02 Å². The van der Waals surface area contributed by atoms with E-state index in [1.165, 1.54) is 0 Å². The van der Waals surface area contributed by atoms with Crippen LogP contribution in [0.3, 0.4) is 0 Å². The molecule has 2 N–H and O–H groups in total.